The van der Waals surface area contributed by atoms with Gasteiger partial charge in [-0.2, -0.15) is 0 Å². The van der Waals surface area contributed by atoms with Crippen molar-refractivity contribution in [1.29, 1.82) is 0 Å². The van der Waals surface area contributed by atoms with Crippen molar-refractivity contribution in [3.05, 3.63) is 35.4 Å². The van der Waals surface area contributed by atoms with Crippen molar-refractivity contribution in [3.8, 4) is 0 Å². The van der Waals surface area contributed by atoms with Gasteiger partial charge in [0.15, 0.2) is 0 Å². The lowest BCUT2D eigenvalue weighted by atomic mass is 9.98. The zero-order valence-corrected chi connectivity index (χ0v) is 11.0. The normalized spacial score (nSPS) is 13.1. The van der Waals surface area contributed by atoms with Crippen LogP contribution in [0.4, 0.5) is 0 Å². The van der Waals surface area contributed by atoms with Gasteiger partial charge >= 0.3 is 0 Å². The highest BCUT2D eigenvalue weighted by Crippen LogP contribution is 2.20. The monoisotopic (exact) mass is 220 g/mol. The van der Waals surface area contributed by atoms with E-state index in [9.17, 15) is 0 Å². The average Bonchev–Trinajstić information content (AvgIpc) is 2.25. The number of nitrogens with one attached hydrogen (secondary N) is 1. The molecule has 0 aromatic heterocycles. The summed E-state index contributed by atoms with van der Waals surface area (Å²) in [7, 11) is 4.25. The Morgan fingerprint density at radius 1 is 1.25 bits per heavy atom. The standard InChI is InChI=1S/C14H24N2/c1-5-15-14(10-11-16(3)4)13-9-7-6-8-12(13)2/h6-9,14-15H,5,10-11H2,1-4H3. The van der Waals surface area contributed by atoms with Gasteiger partial charge in [0.25, 0.3) is 0 Å². The van der Waals surface area contributed by atoms with E-state index in [1.54, 1.807) is 0 Å². The van der Waals surface area contributed by atoms with Crippen molar-refractivity contribution >= 4 is 0 Å². The third-order valence-electron chi connectivity index (χ3n) is 2.88. The van der Waals surface area contributed by atoms with Gasteiger partial charge in [-0.1, -0.05) is 31.2 Å². The van der Waals surface area contributed by atoms with E-state index in [0.717, 1.165) is 19.5 Å². The van der Waals surface area contributed by atoms with Crippen molar-refractivity contribution in [2.45, 2.75) is 26.3 Å². The summed E-state index contributed by atoms with van der Waals surface area (Å²) in [5.41, 5.74) is 2.82. The highest BCUT2D eigenvalue weighted by atomic mass is 15.1. The fraction of sp³-hybridized carbons (Fsp3) is 0.571. The Morgan fingerprint density at radius 3 is 2.50 bits per heavy atom. The molecule has 0 heterocycles. The third kappa shape index (κ3) is 3.95. The highest BCUT2D eigenvalue weighted by molar-refractivity contribution is 5.28. The number of benzene rings is 1. The van der Waals surface area contributed by atoms with Crippen LogP contribution in [-0.4, -0.2) is 32.1 Å². The zero-order chi connectivity index (χ0) is 12.0. The summed E-state index contributed by atoms with van der Waals surface area (Å²) in [5.74, 6) is 0. The van der Waals surface area contributed by atoms with Gasteiger partial charge in [-0.25, -0.2) is 0 Å². The maximum Gasteiger partial charge on any atom is 0.0334 e. The SMILES string of the molecule is CCNC(CCN(C)C)c1ccccc1C. The summed E-state index contributed by atoms with van der Waals surface area (Å²) < 4.78 is 0. The minimum atomic E-state index is 0.480. The lowest BCUT2D eigenvalue weighted by molar-refractivity contribution is 0.363. The van der Waals surface area contributed by atoms with Crippen molar-refractivity contribution < 1.29 is 0 Å². The first-order valence-electron chi connectivity index (χ1n) is 6.08. The molecule has 2 nitrogen and oxygen atoms in total. The molecule has 0 saturated carbocycles. The average molecular weight is 220 g/mol. The fourth-order valence-electron chi connectivity index (χ4n) is 1.98. The van der Waals surface area contributed by atoms with E-state index < -0.39 is 0 Å². The van der Waals surface area contributed by atoms with Crippen molar-refractivity contribution in [1.82, 2.24) is 10.2 Å². The van der Waals surface area contributed by atoms with Crippen molar-refractivity contribution in [2.24, 2.45) is 0 Å². The van der Waals surface area contributed by atoms with Gasteiger partial charge in [0.05, 0.1) is 0 Å². The molecule has 2 heteroatoms. The second-order valence-corrected chi connectivity index (χ2v) is 4.56. The van der Waals surface area contributed by atoms with Crippen LogP contribution in [0.5, 0.6) is 0 Å². The zero-order valence-electron chi connectivity index (χ0n) is 11.0. The Morgan fingerprint density at radius 2 is 1.94 bits per heavy atom. The topological polar surface area (TPSA) is 15.3 Å². The lowest BCUT2D eigenvalue weighted by Gasteiger charge is -2.22. The molecule has 1 rings (SSSR count). The van der Waals surface area contributed by atoms with Crippen LogP contribution >= 0.6 is 0 Å². The van der Waals surface area contributed by atoms with E-state index in [1.165, 1.54) is 11.1 Å². The first-order chi connectivity index (χ1) is 7.65. The Labute approximate surface area is 99.7 Å². The largest absolute Gasteiger partial charge is 0.310 e. The molecule has 1 atom stereocenters. The molecule has 1 aromatic carbocycles. The molecule has 0 fully saturated rings. The second kappa shape index (κ2) is 6.66. The first-order valence-corrected chi connectivity index (χ1v) is 6.08. The third-order valence-corrected chi connectivity index (χ3v) is 2.88. The fourth-order valence-corrected chi connectivity index (χ4v) is 1.98. The lowest BCUT2D eigenvalue weighted by Crippen LogP contribution is -2.26. The van der Waals surface area contributed by atoms with Crippen LogP contribution in [0.1, 0.15) is 30.5 Å². The summed E-state index contributed by atoms with van der Waals surface area (Å²) in [4.78, 5) is 2.24. The van der Waals surface area contributed by atoms with Crippen molar-refractivity contribution in [3.63, 3.8) is 0 Å². The summed E-state index contributed by atoms with van der Waals surface area (Å²) >= 11 is 0. The molecule has 1 aromatic rings. The van der Waals surface area contributed by atoms with Gasteiger partial charge in [0.1, 0.15) is 0 Å². The molecule has 0 saturated heterocycles. The molecule has 90 valence electrons. The van der Waals surface area contributed by atoms with Crippen LogP contribution in [0.15, 0.2) is 24.3 Å². The molecule has 1 unspecified atom stereocenters. The molecule has 1 N–H and O–H groups in total. The minimum Gasteiger partial charge on any atom is -0.310 e. The second-order valence-electron chi connectivity index (χ2n) is 4.56. The van der Waals surface area contributed by atoms with Crippen LogP contribution in [0.2, 0.25) is 0 Å². The number of hydrogen-bond donors (Lipinski definition) is 1. The minimum absolute atomic E-state index is 0.480. The molecule has 0 aliphatic rings. The quantitative estimate of drug-likeness (QED) is 0.792. The van der Waals surface area contributed by atoms with Gasteiger partial charge in [0, 0.05) is 6.04 Å². The summed E-state index contributed by atoms with van der Waals surface area (Å²) in [5, 5.41) is 3.57. The smallest absolute Gasteiger partial charge is 0.0334 e. The number of rotatable bonds is 6. The van der Waals surface area contributed by atoms with Gasteiger partial charge in [-0.05, 0) is 51.7 Å². The maximum absolute atomic E-state index is 3.57. The van der Waals surface area contributed by atoms with Crippen molar-refractivity contribution in [2.75, 3.05) is 27.2 Å². The van der Waals surface area contributed by atoms with E-state index in [1.807, 2.05) is 0 Å². The molecule has 16 heavy (non-hydrogen) atoms. The van der Waals surface area contributed by atoms with Crippen LogP contribution in [0.3, 0.4) is 0 Å². The van der Waals surface area contributed by atoms with E-state index in [0.29, 0.717) is 6.04 Å². The maximum atomic E-state index is 3.57. The van der Waals surface area contributed by atoms with Crippen LogP contribution < -0.4 is 5.32 Å². The van der Waals surface area contributed by atoms with Gasteiger partial charge < -0.3 is 10.2 Å². The predicted molar refractivity (Wildman–Crippen MR) is 70.8 cm³/mol. The Hall–Kier alpha value is -0.860. The molecule has 0 amide bonds. The number of hydrogen-bond acceptors (Lipinski definition) is 2. The molecule has 0 aliphatic heterocycles. The van der Waals surface area contributed by atoms with E-state index in [-0.39, 0.29) is 0 Å². The number of nitrogens with zero attached hydrogens (tertiary/aromatic N) is 1. The van der Waals surface area contributed by atoms with Crippen LogP contribution in [0.25, 0.3) is 0 Å². The Bertz CT molecular complexity index is 307. The van der Waals surface area contributed by atoms with E-state index in [4.69, 9.17) is 0 Å². The molecular weight excluding hydrogens is 196 g/mol. The predicted octanol–water partition coefficient (Wildman–Crippen LogP) is 2.60. The summed E-state index contributed by atoms with van der Waals surface area (Å²) in [6, 6.07) is 9.14. The van der Waals surface area contributed by atoms with Gasteiger partial charge in [-0.3, -0.25) is 0 Å². The molecule has 0 spiro atoms. The van der Waals surface area contributed by atoms with E-state index >= 15 is 0 Å². The van der Waals surface area contributed by atoms with Gasteiger partial charge in [0.2, 0.25) is 0 Å². The van der Waals surface area contributed by atoms with Crippen LogP contribution in [-0.2, 0) is 0 Å². The Balaban J connectivity index is 2.73. The Kier molecular flexibility index (Phi) is 5.50. The molecular formula is C14H24N2. The number of aryl methyl sites for hydroxylation is 1. The molecule has 0 bridgehead atoms. The summed E-state index contributed by atoms with van der Waals surface area (Å²) in [6.07, 6.45) is 1.16. The highest BCUT2D eigenvalue weighted by Gasteiger charge is 2.11. The first kappa shape index (κ1) is 13.2. The van der Waals surface area contributed by atoms with Crippen LogP contribution in [0, 0.1) is 6.92 Å². The summed E-state index contributed by atoms with van der Waals surface area (Å²) in [6.45, 7) is 6.49. The van der Waals surface area contributed by atoms with Gasteiger partial charge in [-0.15, -0.1) is 0 Å². The van der Waals surface area contributed by atoms with E-state index in [2.05, 4.69) is 62.4 Å². The molecule has 0 aliphatic carbocycles. The molecule has 0 radical (unpaired) electrons.